The fraction of sp³-hybridized carbons (Fsp3) is 1.00. The molecule has 3 saturated carbocycles. The number of nitrogens with one attached hydrogen (secondary N) is 1. The van der Waals surface area contributed by atoms with Crippen LogP contribution in [0.5, 0.6) is 0 Å². The van der Waals surface area contributed by atoms with E-state index in [1.165, 1.54) is 32.1 Å². The van der Waals surface area contributed by atoms with Crippen LogP contribution in [0.4, 0.5) is 0 Å². The Balaban J connectivity index is 1.81. The summed E-state index contributed by atoms with van der Waals surface area (Å²) in [6, 6.07) is 0.769. The van der Waals surface area contributed by atoms with Crippen LogP contribution in [0.1, 0.15) is 46.0 Å². The van der Waals surface area contributed by atoms with Crippen molar-refractivity contribution >= 4 is 0 Å². The Kier molecular flexibility index (Phi) is 2.85. The Morgan fingerprint density at radius 1 is 1.21 bits per heavy atom. The fourth-order valence-corrected chi connectivity index (χ4v) is 3.02. The van der Waals surface area contributed by atoms with Gasteiger partial charge in [-0.25, -0.2) is 0 Å². The highest BCUT2D eigenvalue weighted by Gasteiger charge is 2.35. The maximum Gasteiger partial charge on any atom is 0.0223 e. The van der Waals surface area contributed by atoms with Gasteiger partial charge in [0.25, 0.3) is 0 Å². The maximum atomic E-state index is 5.99. The van der Waals surface area contributed by atoms with Crippen molar-refractivity contribution in [2.24, 2.45) is 17.6 Å². The molecule has 3 aliphatic carbocycles. The molecular weight excluding hydrogens is 172 g/mol. The lowest BCUT2D eigenvalue weighted by Gasteiger charge is -2.43. The average Bonchev–Trinajstić information content (AvgIpc) is 2.16. The molecule has 3 N–H and O–H groups in total. The van der Waals surface area contributed by atoms with Gasteiger partial charge < -0.3 is 11.1 Å². The summed E-state index contributed by atoms with van der Waals surface area (Å²) in [7, 11) is 0. The smallest absolute Gasteiger partial charge is 0.0223 e. The third-order valence-electron chi connectivity index (χ3n) is 3.87. The van der Waals surface area contributed by atoms with Crippen LogP contribution in [0.25, 0.3) is 0 Å². The molecule has 0 saturated heterocycles. The van der Waals surface area contributed by atoms with Crippen LogP contribution in [0.2, 0.25) is 0 Å². The molecular formula is C12H24N2. The van der Waals surface area contributed by atoms with Gasteiger partial charge >= 0.3 is 0 Å². The molecule has 0 spiro atoms. The van der Waals surface area contributed by atoms with Gasteiger partial charge in [-0.1, -0.05) is 12.8 Å². The quantitative estimate of drug-likeness (QED) is 0.723. The van der Waals surface area contributed by atoms with Crippen molar-refractivity contribution in [3.8, 4) is 0 Å². The van der Waals surface area contributed by atoms with Crippen LogP contribution in [0.15, 0.2) is 0 Å². The van der Waals surface area contributed by atoms with E-state index >= 15 is 0 Å². The first-order valence-corrected chi connectivity index (χ1v) is 6.07. The number of nitrogens with two attached hydrogens (primary N) is 1. The first kappa shape index (κ1) is 10.4. The monoisotopic (exact) mass is 196 g/mol. The molecule has 3 rings (SSSR count). The number of hydrogen-bond donors (Lipinski definition) is 2. The van der Waals surface area contributed by atoms with Gasteiger partial charge in [-0.15, -0.1) is 0 Å². The van der Waals surface area contributed by atoms with E-state index in [0.29, 0.717) is 0 Å². The second-order valence-corrected chi connectivity index (χ2v) is 5.99. The van der Waals surface area contributed by atoms with Gasteiger partial charge in [0.05, 0.1) is 0 Å². The Labute approximate surface area is 87.6 Å². The van der Waals surface area contributed by atoms with E-state index in [4.69, 9.17) is 5.73 Å². The van der Waals surface area contributed by atoms with Gasteiger partial charge in [-0.2, -0.15) is 0 Å². The van der Waals surface area contributed by atoms with Crippen molar-refractivity contribution in [2.45, 2.75) is 57.5 Å². The van der Waals surface area contributed by atoms with Crippen molar-refractivity contribution in [2.75, 3.05) is 6.54 Å². The predicted molar refractivity (Wildman–Crippen MR) is 60.1 cm³/mol. The Bertz CT molecular complexity index is 187. The van der Waals surface area contributed by atoms with Gasteiger partial charge in [0, 0.05) is 18.1 Å². The minimum Gasteiger partial charge on any atom is -0.324 e. The molecule has 1 unspecified atom stereocenters. The van der Waals surface area contributed by atoms with Crippen LogP contribution >= 0.6 is 0 Å². The van der Waals surface area contributed by atoms with E-state index < -0.39 is 0 Å². The molecule has 0 aliphatic heterocycles. The van der Waals surface area contributed by atoms with Gasteiger partial charge in [-0.3, -0.25) is 0 Å². The molecule has 0 amide bonds. The third kappa shape index (κ3) is 2.48. The zero-order chi connectivity index (χ0) is 10.2. The summed E-state index contributed by atoms with van der Waals surface area (Å²) in [5, 5.41) is 3.67. The zero-order valence-corrected chi connectivity index (χ0v) is 9.55. The molecule has 0 aromatic heterocycles. The molecule has 0 heterocycles. The summed E-state index contributed by atoms with van der Waals surface area (Å²) in [5.74, 6) is 1.96. The Morgan fingerprint density at radius 2 is 1.86 bits per heavy atom. The summed E-state index contributed by atoms with van der Waals surface area (Å²) in [6.45, 7) is 5.16. The second kappa shape index (κ2) is 3.82. The molecule has 2 nitrogen and oxygen atoms in total. The predicted octanol–water partition coefficient (Wildman–Crippen LogP) is 1.89. The minimum atomic E-state index is -0.0588. The van der Waals surface area contributed by atoms with E-state index in [1.54, 1.807) is 0 Å². The number of fused-ring (bicyclic) bond motifs is 3. The first-order valence-electron chi connectivity index (χ1n) is 6.07. The molecule has 3 aliphatic rings. The standard InChI is InChI=1S/C12H24N2/c1-12(2,13)8-14-11-7-9-3-5-10(11)6-4-9/h9-11,14H,3-8,13H2,1-2H3. The van der Waals surface area contributed by atoms with Gasteiger partial charge in [0.15, 0.2) is 0 Å². The number of rotatable bonds is 3. The highest BCUT2D eigenvalue weighted by atomic mass is 15.0. The summed E-state index contributed by atoms with van der Waals surface area (Å²) >= 11 is 0. The molecule has 2 heteroatoms. The lowest BCUT2D eigenvalue weighted by Crippen LogP contribution is -2.51. The van der Waals surface area contributed by atoms with Gasteiger partial charge in [-0.05, 0) is 44.9 Å². The van der Waals surface area contributed by atoms with Crippen molar-refractivity contribution < 1.29 is 0 Å². The van der Waals surface area contributed by atoms with Crippen LogP contribution in [0.3, 0.4) is 0 Å². The largest absolute Gasteiger partial charge is 0.324 e. The molecule has 0 aromatic carbocycles. The van der Waals surface area contributed by atoms with Crippen molar-refractivity contribution in [1.82, 2.24) is 5.32 Å². The van der Waals surface area contributed by atoms with Crippen LogP contribution in [-0.2, 0) is 0 Å². The molecule has 3 fully saturated rings. The van der Waals surface area contributed by atoms with Crippen molar-refractivity contribution in [3.63, 3.8) is 0 Å². The highest BCUT2D eigenvalue weighted by molar-refractivity contribution is 4.91. The normalized spacial score (nSPS) is 37.5. The Hall–Kier alpha value is -0.0800. The molecule has 0 aromatic rings. The average molecular weight is 196 g/mol. The van der Waals surface area contributed by atoms with E-state index in [0.717, 1.165) is 24.4 Å². The molecule has 82 valence electrons. The fourth-order valence-electron chi connectivity index (χ4n) is 3.02. The zero-order valence-electron chi connectivity index (χ0n) is 9.55. The second-order valence-electron chi connectivity index (χ2n) is 5.99. The summed E-state index contributed by atoms with van der Waals surface area (Å²) < 4.78 is 0. The lowest BCUT2D eigenvalue weighted by atomic mass is 9.68. The van der Waals surface area contributed by atoms with Crippen LogP contribution in [-0.4, -0.2) is 18.1 Å². The van der Waals surface area contributed by atoms with Crippen LogP contribution < -0.4 is 11.1 Å². The highest BCUT2D eigenvalue weighted by Crippen LogP contribution is 2.41. The van der Waals surface area contributed by atoms with Crippen LogP contribution in [0, 0.1) is 11.8 Å². The molecule has 0 radical (unpaired) electrons. The molecule has 1 atom stereocenters. The SMILES string of the molecule is CC(C)(N)CNC1CC2CCC1CC2. The van der Waals surface area contributed by atoms with E-state index in [-0.39, 0.29) is 5.54 Å². The van der Waals surface area contributed by atoms with E-state index in [2.05, 4.69) is 19.2 Å². The maximum absolute atomic E-state index is 5.99. The van der Waals surface area contributed by atoms with E-state index in [1.807, 2.05) is 0 Å². The Morgan fingerprint density at radius 3 is 2.29 bits per heavy atom. The van der Waals surface area contributed by atoms with Crippen molar-refractivity contribution in [3.05, 3.63) is 0 Å². The summed E-state index contributed by atoms with van der Waals surface area (Å²) in [4.78, 5) is 0. The number of hydrogen-bond acceptors (Lipinski definition) is 2. The summed E-state index contributed by atoms with van der Waals surface area (Å²) in [6.07, 6.45) is 7.27. The lowest BCUT2D eigenvalue weighted by molar-refractivity contribution is 0.120. The molecule has 14 heavy (non-hydrogen) atoms. The summed E-state index contributed by atoms with van der Waals surface area (Å²) in [5.41, 5.74) is 5.93. The molecule has 2 bridgehead atoms. The third-order valence-corrected chi connectivity index (χ3v) is 3.87. The minimum absolute atomic E-state index is 0.0588. The van der Waals surface area contributed by atoms with Crippen molar-refractivity contribution in [1.29, 1.82) is 0 Å². The van der Waals surface area contributed by atoms with Gasteiger partial charge in [0.2, 0.25) is 0 Å². The van der Waals surface area contributed by atoms with Gasteiger partial charge in [0.1, 0.15) is 0 Å². The topological polar surface area (TPSA) is 38.0 Å². The van der Waals surface area contributed by atoms with E-state index in [9.17, 15) is 0 Å². The first-order chi connectivity index (χ1) is 6.54.